The predicted molar refractivity (Wildman–Crippen MR) is 134 cm³/mol. The Hall–Kier alpha value is -3.79. The largest absolute Gasteiger partial charge is 0.313 e. The van der Waals surface area contributed by atoms with Gasteiger partial charge >= 0.3 is 4.87 Å². The van der Waals surface area contributed by atoms with Gasteiger partial charge in [-0.2, -0.15) is 0 Å². The first-order chi connectivity index (χ1) is 17.5. The van der Waals surface area contributed by atoms with Crippen LogP contribution in [0.1, 0.15) is 10.9 Å². The van der Waals surface area contributed by atoms with E-state index in [-0.39, 0.29) is 15.7 Å². The maximum atomic E-state index is 13.7. The molecule has 1 aromatic heterocycles. The maximum absolute atomic E-state index is 13.7. The van der Waals surface area contributed by atoms with E-state index in [1.54, 1.807) is 48.5 Å². The van der Waals surface area contributed by atoms with Gasteiger partial charge in [-0.3, -0.25) is 23.8 Å². The molecule has 0 saturated carbocycles. The van der Waals surface area contributed by atoms with Gasteiger partial charge in [0, 0.05) is 0 Å². The fourth-order valence-corrected chi connectivity index (χ4v) is 6.14. The fraction of sp³-hybridized carbons (Fsp3) is 0.115. The second-order valence-electron chi connectivity index (χ2n) is 8.34. The Morgan fingerprint density at radius 3 is 2.03 bits per heavy atom. The Kier molecular flexibility index (Phi) is 5.48. The third-order valence-electron chi connectivity index (χ3n) is 6.27. The number of carbonyl (C=O) groups excluding carboxylic acids is 2. The lowest BCUT2D eigenvalue weighted by atomic mass is 9.95. The van der Waals surface area contributed by atoms with Crippen LogP contribution in [-0.2, 0) is 14.4 Å². The van der Waals surface area contributed by atoms with Gasteiger partial charge in [0.25, 0.3) is 5.91 Å². The molecule has 0 N–H and O–H groups in total. The Morgan fingerprint density at radius 1 is 0.778 bits per heavy atom. The monoisotopic (exact) mass is 521 g/mol. The van der Waals surface area contributed by atoms with Gasteiger partial charge < -0.3 is 0 Å². The average molecular weight is 522 g/mol. The molecule has 10 heteroatoms. The van der Waals surface area contributed by atoms with Crippen molar-refractivity contribution in [2.24, 2.45) is 5.92 Å². The SMILES string of the molecule is O=C1[C@@H]2[C@@H](ON(c3ccccc3)[C@H]2c2sc(=O)n(-c3ccccc3)c2Cl)C(=O)N1c1ccc(F)cc1. The smallest absolute Gasteiger partial charge is 0.273 e. The topological polar surface area (TPSA) is 71.8 Å². The number of halogens is 2. The summed E-state index contributed by atoms with van der Waals surface area (Å²) < 4.78 is 14.9. The van der Waals surface area contributed by atoms with E-state index in [9.17, 15) is 18.8 Å². The van der Waals surface area contributed by atoms with Crippen molar-refractivity contribution in [3.05, 3.63) is 110 Å². The van der Waals surface area contributed by atoms with E-state index in [1.807, 2.05) is 12.1 Å². The summed E-state index contributed by atoms with van der Waals surface area (Å²) in [6.45, 7) is 0. The van der Waals surface area contributed by atoms with Crippen molar-refractivity contribution in [1.82, 2.24) is 4.57 Å². The molecule has 2 amide bonds. The molecular formula is C26H17ClFN3O4S. The fourth-order valence-electron chi connectivity index (χ4n) is 4.67. The number of rotatable bonds is 4. The van der Waals surface area contributed by atoms with E-state index in [0.29, 0.717) is 16.3 Å². The van der Waals surface area contributed by atoms with E-state index in [0.717, 1.165) is 16.2 Å². The number of benzene rings is 3. The van der Waals surface area contributed by atoms with Crippen molar-refractivity contribution in [1.29, 1.82) is 0 Å². The normalized spacial score (nSPS) is 21.3. The summed E-state index contributed by atoms with van der Waals surface area (Å²) in [6, 6.07) is 22.2. The van der Waals surface area contributed by atoms with Crippen molar-refractivity contribution in [2.75, 3.05) is 9.96 Å². The lowest BCUT2D eigenvalue weighted by Gasteiger charge is -2.28. The highest BCUT2D eigenvalue weighted by Gasteiger charge is 2.61. The summed E-state index contributed by atoms with van der Waals surface area (Å²) in [7, 11) is 0. The standard InChI is InChI=1S/C26H17ClFN3O4S/c27-23-22(36-26(34)29(23)16-7-3-1-4-8-16)20-19-21(35-31(20)18-9-5-2-6-10-18)25(33)30(24(19)32)17-13-11-15(28)12-14-17/h1-14,19-21H/t19-,20+,21+/m0/s1. The average Bonchev–Trinajstić information content (AvgIpc) is 3.50. The number of carbonyl (C=O) groups is 2. The lowest BCUT2D eigenvalue weighted by Crippen LogP contribution is -2.37. The Morgan fingerprint density at radius 2 is 1.39 bits per heavy atom. The molecule has 0 spiro atoms. The molecule has 0 aliphatic carbocycles. The molecule has 6 rings (SSSR count). The third-order valence-corrected chi connectivity index (χ3v) is 7.77. The van der Waals surface area contributed by atoms with Crippen molar-refractivity contribution in [3.63, 3.8) is 0 Å². The van der Waals surface area contributed by atoms with Crippen molar-refractivity contribution < 1.29 is 18.8 Å². The molecule has 7 nitrogen and oxygen atoms in total. The molecule has 2 aliphatic heterocycles. The molecular weight excluding hydrogens is 505 g/mol. The summed E-state index contributed by atoms with van der Waals surface area (Å²) in [5.41, 5.74) is 1.43. The van der Waals surface area contributed by atoms with E-state index < -0.39 is 35.7 Å². The second-order valence-corrected chi connectivity index (χ2v) is 9.69. The summed E-state index contributed by atoms with van der Waals surface area (Å²) in [6.07, 6.45) is -1.13. The molecule has 3 heterocycles. The summed E-state index contributed by atoms with van der Waals surface area (Å²) in [5.74, 6) is -2.53. The molecule has 0 bridgehead atoms. The molecule has 3 atom stereocenters. The van der Waals surface area contributed by atoms with Crippen LogP contribution in [0, 0.1) is 11.7 Å². The number of amides is 2. The number of hydrogen-bond donors (Lipinski definition) is 0. The first kappa shape index (κ1) is 22.7. The minimum absolute atomic E-state index is 0.145. The zero-order chi connectivity index (χ0) is 25.0. The quantitative estimate of drug-likeness (QED) is 0.363. The number of hydrogen-bond acceptors (Lipinski definition) is 6. The lowest BCUT2D eigenvalue weighted by molar-refractivity contribution is -0.126. The number of anilines is 2. The molecule has 3 aromatic carbocycles. The molecule has 36 heavy (non-hydrogen) atoms. The van der Waals surface area contributed by atoms with Crippen LogP contribution < -0.4 is 14.8 Å². The minimum atomic E-state index is -1.13. The third kappa shape index (κ3) is 3.47. The number of fused-ring (bicyclic) bond motifs is 1. The summed E-state index contributed by atoms with van der Waals surface area (Å²) >= 11 is 7.69. The van der Waals surface area contributed by atoms with Crippen molar-refractivity contribution in [3.8, 4) is 5.69 Å². The molecule has 2 fully saturated rings. The number of para-hydroxylation sites is 2. The highest BCUT2D eigenvalue weighted by Crippen LogP contribution is 2.50. The number of imide groups is 1. The van der Waals surface area contributed by atoms with Crippen LogP contribution in [0.2, 0.25) is 5.15 Å². The van der Waals surface area contributed by atoms with Crippen molar-refractivity contribution >= 4 is 46.1 Å². The summed E-state index contributed by atoms with van der Waals surface area (Å²) in [5, 5.41) is 1.63. The van der Waals surface area contributed by atoms with Crippen molar-refractivity contribution in [2.45, 2.75) is 12.1 Å². The zero-order valence-electron chi connectivity index (χ0n) is 18.5. The van der Waals surface area contributed by atoms with E-state index in [4.69, 9.17) is 16.4 Å². The van der Waals surface area contributed by atoms with Gasteiger partial charge in [-0.25, -0.2) is 14.4 Å². The zero-order valence-corrected chi connectivity index (χ0v) is 20.0. The van der Waals surface area contributed by atoms with Crippen LogP contribution in [0.3, 0.4) is 0 Å². The number of hydroxylamine groups is 1. The van der Waals surface area contributed by atoms with E-state index >= 15 is 0 Å². The minimum Gasteiger partial charge on any atom is -0.273 e. The second kappa shape index (κ2) is 8.70. The van der Waals surface area contributed by atoms with Crippen LogP contribution in [0.25, 0.3) is 5.69 Å². The Bertz CT molecular complexity index is 1520. The highest BCUT2D eigenvalue weighted by atomic mass is 35.5. The van der Waals surface area contributed by atoms with Crippen LogP contribution in [0.4, 0.5) is 15.8 Å². The van der Waals surface area contributed by atoms with E-state index in [2.05, 4.69) is 0 Å². The Balaban J connectivity index is 1.48. The maximum Gasteiger partial charge on any atom is 0.313 e. The molecule has 0 unspecified atom stereocenters. The van der Waals surface area contributed by atoms with Gasteiger partial charge in [0.15, 0.2) is 6.10 Å². The molecule has 180 valence electrons. The highest BCUT2D eigenvalue weighted by molar-refractivity contribution is 7.10. The number of nitrogens with zero attached hydrogens (tertiary/aromatic N) is 3. The summed E-state index contributed by atoms with van der Waals surface area (Å²) in [4.78, 5) is 47.3. The van der Waals surface area contributed by atoms with Gasteiger partial charge in [-0.05, 0) is 48.5 Å². The number of thiazole rings is 1. The first-order valence-corrected chi connectivity index (χ1v) is 12.3. The van der Waals surface area contributed by atoms with Crippen LogP contribution >= 0.6 is 22.9 Å². The Labute approximate surface area is 213 Å². The van der Waals surface area contributed by atoms with Crippen LogP contribution in [0.5, 0.6) is 0 Å². The first-order valence-electron chi connectivity index (χ1n) is 11.1. The van der Waals surface area contributed by atoms with Gasteiger partial charge in [0.1, 0.15) is 22.9 Å². The van der Waals surface area contributed by atoms with Crippen LogP contribution in [0.15, 0.2) is 89.7 Å². The molecule has 2 saturated heterocycles. The molecule has 0 radical (unpaired) electrons. The van der Waals surface area contributed by atoms with Gasteiger partial charge in [-0.15, -0.1) is 0 Å². The van der Waals surface area contributed by atoms with Crippen LogP contribution in [-0.4, -0.2) is 22.5 Å². The van der Waals surface area contributed by atoms with Gasteiger partial charge in [0.2, 0.25) is 5.91 Å². The van der Waals surface area contributed by atoms with Gasteiger partial charge in [0.05, 0.1) is 21.9 Å². The molecule has 4 aromatic rings. The predicted octanol–water partition coefficient (Wildman–Crippen LogP) is 4.74. The van der Waals surface area contributed by atoms with E-state index in [1.165, 1.54) is 33.9 Å². The molecule has 2 aliphatic rings. The van der Waals surface area contributed by atoms with Gasteiger partial charge in [-0.1, -0.05) is 59.3 Å². The number of aromatic nitrogens is 1.